The summed E-state index contributed by atoms with van der Waals surface area (Å²) < 4.78 is 36.6. The molecule has 176 valence electrons. The molecule has 0 N–H and O–H groups in total. The Morgan fingerprint density at radius 3 is 2.79 bits per heavy atom. The van der Waals surface area contributed by atoms with Gasteiger partial charge in [-0.3, -0.25) is 4.57 Å². The van der Waals surface area contributed by atoms with Crippen molar-refractivity contribution in [2.75, 3.05) is 26.3 Å². The van der Waals surface area contributed by atoms with Gasteiger partial charge in [0.25, 0.3) is 0 Å². The maximum atomic E-state index is 13.1. The summed E-state index contributed by atoms with van der Waals surface area (Å²) in [5.74, 6) is 1.87. The number of sulfonamides is 1. The molecule has 0 saturated carbocycles. The van der Waals surface area contributed by atoms with Gasteiger partial charge in [-0.2, -0.15) is 4.31 Å². The van der Waals surface area contributed by atoms with E-state index in [1.54, 1.807) is 29.0 Å². The van der Waals surface area contributed by atoms with Gasteiger partial charge in [-0.1, -0.05) is 36.9 Å². The summed E-state index contributed by atoms with van der Waals surface area (Å²) in [5, 5.41) is 21.2. The average Bonchev–Trinajstić information content (AvgIpc) is 3.45. The summed E-state index contributed by atoms with van der Waals surface area (Å²) >= 11 is 1.47. The zero-order valence-electron chi connectivity index (χ0n) is 18.4. The zero-order chi connectivity index (χ0) is 23.3. The minimum Gasteiger partial charge on any atom is -0.379 e. The fourth-order valence-electron chi connectivity index (χ4n) is 3.48. The number of nitrogens with zero attached hydrogens (tertiary/aromatic N) is 8. The molecular weight excluding hydrogens is 464 g/mol. The highest BCUT2D eigenvalue weighted by atomic mass is 32.2. The molecule has 0 bridgehead atoms. The molecule has 11 nitrogen and oxygen atoms in total. The van der Waals surface area contributed by atoms with Crippen LogP contribution in [-0.4, -0.2) is 74.0 Å². The summed E-state index contributed by atoms with van der Waals surface area (Å²) in [6, 6.07) is 6.80. The van der Waals surface area contributed by atoms with E-state index in [-0.39, 0.29) is 4.90 Å². The third-order valence-electron chi connectivity index (χ3n) is 5.10. The van der Waals surface area contributed by atoms with E-state index in [9.17, 15) is 8.42 Å². The molecule has 1 aliphatic heterocycles. The van der Waals surface area contributed by atoms with Gasteiger partial charge in [0.1, 0.15) is 0 Å². The molecule has 13 heteroatoms. The summed E-state index contributed by atoms with van der Waals surface area (Å²) in [7, 11) is -3.62. The lowest BCUT2D eigenvalue weighted by molar-refractivity contribution is 0.0730. The van der Waals surface area contributed by atoms with Crippen molar-refractivity contribution in [1.29, 1.82) is 0 Å². The normalized spacial score (nSPS) is 15.1. The lowest BCUT2D eigenvalue weighted by Crippen LogP contribution is -2.40. The number of tetrazole rings is 1. The van der Waals surface area contributed by atoms with E-state index in [1.165, 1.54) is 16.1 Å². The second-order valence-electron chi connectivity index (χ2n) is 7.36. The number of benzene rings is 1. The Labute approximate surface area is 196 Å². The van der Waals surface area contributed by atoms with Crippen molar-refractivity contribution in [2.24, 2.45) is 0 Å². The Morgan fingerprint density at radius 2 is 2.03 bits per heavy atom. The first kappa shape index (κ1) is 23.5. The number of morpholine rings is 1. The van der Waals surface area contributed by atoms with E-state index in [4.69, 9.17) is 4.74 Å². The summed E-state index contributed by atoms with van der Waals surface area (Å²) in [5.41, 5.74) is 0.668. The average molecular weight is 491 g/mol. The van der Waals surface area contributed by atoms with Gasteiger partial charge in [0.15, 0.2) is 16.8 Å². The molecule has 1 saturated heterocycles. The SMILES string of the molecule is C=CCn1c(SCc2nnnn2CCC)nnc1-c1cccc(S(=O)(=O)N2CCOCC2)c1. The predicted molar refractivity (Wildman–Crippen MR) is 123 cm³/mol. The van der Waals surface area contributed by atoms with Gasteiger partial charge in [0, 0.05) is 31.7 Å². The monoisotopic (exact) mass is 490 g/mol. The van der Waals surface area contributed by atoms with E-state index >= 15 is 0 Å². The van der Waals surface area contributed by atoms with E-state index in [0.717, 1.165) is 18.8 Å². The molecule has 3 heterocycles. The maximum Gasteiger partial charge on any atom is 0.243 e. The van der Waals surface area contributed by atoms with Crippen molar-refractivity contribution in [3.05, 3.63) is 42.7 Å². The van der Waals surface area contributed by atoms with Gasteiger partial charge in [-0.05, 0) is 29.0 Å². The fourth-order valence-corrected chi connectivity index (χ4v) is 5.81. The molecule has 0 amide bonds. The van der Waals surface area contributed by atoms with Crippen molar-refractivity contribution < 1.29 is 13.2 Å². The third-order valence-corrected chi connectivity index (χ3v) is 7.96. The fraction of sp³-hybridized carbons (Fsp3) is 0.450. The standard InChI is InChI=1S/C20H26N8O3S2/c1-3-8-27-19(22-23-20(27)32-15-18-21-24-25-28(18)9-4-2)16-6-5-7-17(14-16)33(29,30)26-10-12-31-13-11-26/h3,5-7,14H,1,4,8-13,15H2,2H3. The molecule has 1 aromatic carbocycles. The Kier molecular flexibility index (Phi) is 7.53. The van der Waals surface area contributed by atoms with Gasteiger partial charge in [0.2, 0.25) is 10.0 Å². The number of aryl methyl sites for hydroxylation is 1. The lowest BCUT2D eigenvalue weighted by atomic mass is 10.2. The second-order valence-corrected chi connectivity index (χ2v) is 10.2. The molecule has 33 heavy (non-hydrogen) atoms. The number of aromatic nitrogens is 7. The van der Waals surface area contributed by atoms with Gasteiger partial charge < -0.3 is 4.74 Å². The molecule has 3 aromatic rings. The Morgan fingerprint density at radius 1 is 1.21 bits per heavy atom. The van der Waals surface area contributed by atoms with E-state index < -0.39 is 10.0 Å². The third kappa shape index (κ3) is 5.16. The molecule has 0 aliphatic carbocycles. The first-order chi connectivity index (χ1) is 16.0. The van der Waals surface area contributed by atoms with Crippen LogP contribution in [0, 0.1) is 0 Å². The molecule has 0 atom stereocenters. The topological polar surface area (TPSA) is 121 Å². The highest BCUT2D eigenvalue weighted by molar-refractivity contribution is 7.98. The minimum absolute atomic E-state index is 0.225. The first-order valence-electron chi connectivity index (χ1n) is 10.6. The van der Waals surface area contributed by atoms with Crippen LogP contribution in [0.3, 0.4) is 0 Å². The molecule has 4 rings (SSSR count). The number of rotatable bonds is 10. The van der Waals surface area contributed by atoms with Crippen LogP contribution < -0.4 is 0 Å². The minimum atomic E-state index is -3.62. The van der Waals surface area contributed by atoms with E-state index in [2.05, 4.69) is 39.2 Å². The highest BCUT2D eigenvalue weighted by Gasteiger charge is 2.27. The van der Waals surface area contributed by atoms with Crippen molar-refractivity contribution in [3.63, 3.8) is 0 Å². The Hall–Kier alpha value is -2.61. The van der Waals surface area contributed by atoms with Crippen LogP contribution in [0.15, 0.2) is 47.0 Å². The van der Waals surface area contributed by atoms with Crippen LogP contribution in [0.2, 0.25) is 0 Å². The van der Waals surface area contributed by atoms with Crippen LogP contribution in [0.25, 0.3) is 11.4 Å². The van der Waals surface area contributed by atoms with Crippen LogP contribution in [0.1, 0.15) is 19.2 Å². The van der Waals surface area contributed by atoms with Crippen molar-refractivity contribution >= 4 is 21.8 Å². The molecule has 2 aromatic heterocycles. The largest absolute Gasteiger partial charge is 0.379 e. The zero-order valence-corrected chi connectivity index (χ0v) is 20.0. The van der Waals surface area contributed by atoms with Crippen LogP contribution in [0.4, 0.5) is 0 Å². The second kappa shape index (κ2) is 10.5. The van der Waals surface area contributed by atoms with Crippen LogP contribution in [-0.2, 0) is 33.6 Å². The van der Waals surface area contributed by atoms with Gasteiger partial charge in [-0.25, -0.2) is 13.1 Å². The summed E-state index contributed by atoms with van der Waals surface area (Å²) in [6.45, 7) is 8.62. The molecule has 0 unspecified atom stereocenters. The van der Waals surface area contributed by atoms with Gasteiger partial charge in [-0.15, -0.1) is 21.9 Å². The van der Waals surface area contributed by atoms with Crippen molar-refractivity contribution in [2.45, 2.75) is 42.2 Å². The maximum absolute atomic E-state index is 13.1. The number of allylic oxidation sites excluding steroid dienone is 1. The van der Waals surface area contributed by atoms with Crippen molar-refractivity contribution in [3.8, 4) is 11.4 Å². The molecule has 1 fully saturated rings. The Balaban J connectivity index is 1.60. The molecule has 0 radical (unpaired) electrons. The van der Waals surface area contributed by atoms with Gasteiger partial charge >= 0.3 is 0 Å². The number of ether oxygens (including phenoxy) is 1. The number of hydrogen-bond acceptors (Lipinski definition) is 9. The molecule has 1 aliphatic rings. The van der Waals surface area contributed by atoms with Crippen molar-refractivity contribution in [1.82, 2.24) is 39.3 Å². The highest BCUT2D eigenvalue weighted by Crippen LogP contribution is 2.28. The molecule has 0 spiro atoms. The van der Waals surface area contributed by atoms with E-state index in [1.807, 2.05) is 10.6 Å². The smallest absolute Gasteiger partial charge is 0.243 e. The van der Waals surface area contributed by atoms with Gasteiger partial charge in [0.05, 0.1) is 23.9 Å². The first-order valence-corrected chi connectivity index (χ1v) is 13.1. The molecular formula is C20H26N8O3S2. The summed E-state index contributed by atoms with van der Waals surface area (Å²) in [6.07, 6.45) is 2.69. The number of thioether (sulfide) groups is 1. The predicted octanol–water partition coefficient (Wildman–Crippen LogP) is 1.84. The quantitative estimate of drug-likeness (QED) is 0.309. The number of hydrogen-bond donors (Lipinski definition) is 0. The van der Waals surface area contributed by atoms with Crippen LogP contribution >= 0.6 is 11.8 Å². The van der Waals surface area contributed by atoms with Crippen LogP contribution in [0.5, 0.6) is 0 Å². The Bertz CT molecular complexity index is 1200. The summed E-state index contributed by atoms with van der Waals surface area (Å²) in [4.78, 5) is 0.225. The lowest BCUT2D eigenvalue weighted by Gasteiger charge is -2.26. The van der Waals surface area contributed by atoms with E-state index in [0.29, 0.717) is 55.1 Å².